The monoisotopic (exact) mass is 561 g/mol. The molecular weight excluding hydrogens is 516 g/mol. The quantitative estimate of drug-likeness (QED) is 0.0897. The van der Waals surface area contributed by atoms with Crippen molar-refractivity contribution in [3.63, 3.8) is 0 Å². The number of benzene rings is 4. The molecule has 212 valence electrons. The van der Waals surface area contributed by atoms with Gasteiger partial charge in [-0.3, -0.25) is 0 Å². The van der Waals surface area contributed by atoms with Gasteiger partial charge in [-0.05, 0) is 75.5 Å². The molecule has 0 fully saturated rings. The molecule has 5 heteroatoms. The molecule has 0 saturated carbocycles. The van der Waals surface area contributed by atoms with E-state index in [1.807, 2.05) is 30.3 Å². The van der Waals surface area contributed by atoms with Crippen LogP contribution in [-0.4, -0.2) is 18.0 Å². The van der Waals surface area contributed by atoms with Gasteiger partial charge in [0.05, 0.1) is 5.69 Å². The Hall–Kier alpha value is -3.23. The fraction of sp³-hybridized carbons (Fsp3) is 0.333. The first-order valence-electron chi connectivity index (χ1n) is 14.8. The summed E-state index contributed by atoms with van der Waals surface area (Å²) in [6.45, 7) is 22.8. The third-order valence-corrected chi connectivity index (χ3v) is 13.1. The van der Waals surface area contributed by atoms with E-state index in [1.54, 1.807) is 0 Å². The van der Waals surface area contributed by atoms with Crippen LogP contribution in [-0.2, 0) is 0 Å². The van der Waals surface area contributed by atoms with Gasteiger partial charge in [0.25, 0.3) is 0 Å². The molecule has 0 aliphatic heterocycles. The minimum absolute atomic E-state index is 0.0885. The van der Waals surface area contributed by atoms with Gasteiger partial charge in [-0.15, -0.1) is 9.97 Å². The normalized spacial score (nSPS) is 12.0. The summed E-state index contributed by atoms with van der Waals surface area (Å²) in [5.74, 6) is 0. The summed E-state index contributed by atoms with van der Waals surface area (Å²) in [6.07, 6.45) is 0. The third kappa shape index (κ3) is 6.19. The van der Waals surface area contributed by atoms with Crippen LogP contribution in [0.15, 0.2) is 94.1 Å². The zero-order valence-electron chi connectivity index (χ0n) is 26.5. The van der Waals surface area contributed by atoms with Gasteiger partial charge in [-0.25, -0.2) is 0 Å². The van der Waals surface area contributed by atoms with E-state index in [-0.39, 0.29) is 6.71 Å². The molecule has 0 heterocycles. The van der Waals surface area contributed by atoms with Crippen molar-refractivity contribution in [2.45, 2.75) is 80.6 Å². The van der Waals surface area contributed by atoms with Gasteiger partial charge < -0.3 is 0 Å². The molecule has 4 rings (SSSR count). The predicted molar refractivity (Wildman–Crippen MR) is 183 cm³/mol. The SMILES string of the molecule is Cc1cc(C)c(B(c2ccccc2P(=NN=Nc2ccccc2)(C(C)C)C(C)C)c2c(C)cc(C)cc2C)c(C)c1. The van der Waals surface area contributed by atoms with E-state index in [2.05, 4.69) is 128 Å². The van der Waals surface area contributed by atoms with Gasteiger partial charge in [0.1, 0.15) is 0 Å². The highest BCUT2D eigenvalue weighted by Crippen LogP contribution is 2.57. The summed E-state index contributed by atoms with van der Waals surface area (Å²) in [7, 11) is -2.18. The van der Waals surface area contributed by atoms with E-state index in [4.69, 9.17) is 4.85 Å². The molecule has 0 aliphatic carbocycles. The maximum Gasteiger partial charge on any atom is 0.243 e. The summed E-state index contributed by atoms with van der Waals surface area (Å²) < 4.78 is 0. The second-order valence-corrected chi connectivity index (χ2v) is 16.4. The fourth-order valence-corrected chi connectivity index (χ4v) is 10.8. The number of rotatable bonds is 8. The molecule has 41 heavy (non-hydrogen) atoms. The Morgan fingerprint density at radius 1 is 0.585 bits per heavy atom. The molecule has 4 aromatic rings. The first-order valence-corrected chi connectivity index (χ1v) is 16.7. The standard InChI is InChI=1S/C36H45BN3P/c1-24(2)41(25(3)4,40-39-38-32-16-12-11-13-17-32)34-19-15-14-18-33(34)37(35-28(7)20-26(5)21-29(35)8)36-30(9)22-27(6)23-31(36)10/h11-25H,1-10H3. The van der Waals surface area contributed by atoms with Crippen LogP contribution in [0.5, 0.6) is 0 Å². The molecule has 0 radical (unpaired) electrons. The summed E-state index contributed by atoms with van der Waals surface area (Å²) in [6, 6.07) is 28.3. The number of hydrogen-bond donors (Lipinski definition) is 0. The molecule has 0 unspecified atom stereocenters. The Balaban J connectivity index is 2.10. The average molecular weight is 562 g/mol. The first-order chi connectivity index (χ1) is 19.5. The maximum absolute atomic E-state index is 5.24. The summed E-state index contributed by atoms with van der Waals surface area (Å²) >= 11 is 0. The molecule has 0 bridgehead atoms. The molecule has 0 aromatic heterocycles. The Morgan fingerprint density at radius 2 is 1.02 bits per heavy atom. The van der Waals surface area contributed by atoms with Gasteiger partial charge in [0, 0.05) is 7.05 Å². The third-order valence-electron chi connectivity index (χ3n) is 8.37. The van der Waals surface area contributed by atoms with Crippen LogP contribution in [0.4, 0.5) is 5.69 Å². The van der Waals surface area contributed by atoms with Crippen LogP contribution >= 0.6 is 7.05 Å². The maximum atomic E-state index is 5.24. The predicted octanol–water partition coefficient (Wildman–Crippen LogP) is 8.40. The second-order valence-electron chi connectivity index (χ2n) is 12.2. The number of hydrogen-bond acceptors (Lipinski definition) is 1. The summed E-state index contributed by atoms with van der Waals surface area (Å²) in [5.41, 5.74) is 13.5. The van der Waals surface area contributed by atoms with Crippen LogP contribution < -0.4 is 21.7 Å². The zero-order valence-corrected chi connectivity index (χ0v) is 27.4. The van der Waals surface area contributed by atoms with E-state index in [0.29, 0.717) is 11.3 Å². The Bertz CT molecular complexity index is 1500. The first kappa shape index (κ1) is 30.7. The average Bonchev–Trinajstić information content (AvgIpc) is 2.89. The Labute approximate surface area is 248 Å². The van der Waals surface area contributed by atoms with Gasteiger partial charge >= 0.3 is 0 Å². The Morgan fingerprint density at radius 3 is 1.49 bits per heavy atom. The lowest BCUT2D eigenvalue weighted by Gasteiger charge is -2.35. The van der Waals surface area contributed by atoms with Gasteiger partial charge in [-0.2, -0.15) is 0 Å². The minimum Gasteiger partial charge on any atom is -0.147 e. The van der Waals surface area contributed by atoms with Crippen LogP contribution in [0.3, 0.4) is 0 Å². The van der Waals surface area contributed by atoms with Crippen molar-refractivity contribution in [1.29, 1.82) is 0 Å². The highest BCUT2D eigenvalue weighted by atomic mass is 31.2. The molecule has 4 aromatic carbocycles. The van der Waals surface area contributed by atoms with E-state index in [0.717, 1.165) is 5.69 Å². The second kappa shape index (κ2) is 12.7. The van der Waals surface area contributed by atoms with Crippen LogP contribution in [0.1, 0.15) is 61.1 Å². The highest BCUT2D eigenvalue weighted by Gasteiger charge is 2.37. The molecule has 3 nitrogen and oxygen atoms in total. The van der Waals surface area contributed by atoms with Crippen molar-refractivity contribution in [3.05, 3.63) is 112 Å². The molecule has 0 spiro atoms. The van der Waals surface area contributed by atoms with Crippen molar-refractivity contribution in [2.75, 3.05) is 0 Å². The molecule has 0 atom stereocenters. The number of aryl methyl sites for hydroxylation is 6. The van der Waals surface area contributed by atoms with Crippen molar-refractivity contribution in [1.82, 2.24) is 0 Å². The topological polar surface area (TPSA) is 37.1 Å². The van der Waals surface area contributed by atoms with Crippen LogP contribution in [0.2, 0.25) is 0 Å². The van der Waals surface area contributed by atoms with E-state index in [1.165, 1.54) is 55.1 Å². The van der Waals surface area contributed by atoms with Crippen molar-refractivity contribution in [3.8, 4) is 0 Å². The molecule has 0 N–H and O–H groups in total. The lowest BCUT2D eigenvalue weighted by Crippen LogP contribution is -2.60. The van der Waals surface area contributed by atoms with Crippen molar-refractivity contribution < 1.29 is 0 Å². The number of nitrogens with zero attached hydrogens (tertiary/aromatic N) is 3. The lowest BCUT2D eigenvalue weighted by atomic mass is 9.34. The largest absolute Gasteiger partial charge is 0.243 e. The summed E-state index contributed by atoms with van der Waals surface area (Å²) in [5, 5.41) is 10.4. The molecular formula is C36H45BN3P. The lowest BCUT2D eigenvalue weighted by molar-refractivity contribution is 0.972. The van der Waals surface area contributed by atoms with Crippen molar-refractivity contribution >= 4 is 41.1 Å². The minimum atomic E-state index is -2.18. The molecule has 0 amide bonds. The van der Waals surface area contributed by atoms with E-state index >= 15 is 0 Å². The van der Waals surface area contributed by atoms with Gasteiger partial charge in [-0.1, -0.05) is 144 Å². The highest BCUT2D eigenvalue weighted by molar-refractivity contribution is 7.75. The van der Waals surface area contributed by atoms with Crippen molar-refractivity contribution in [2.24, 2.45) is 15.2 Å². The summed E-state index contributed by atoms with van der Waals surface area (Å²) in [4.78, 5) is 5.24. The van der Waals surface area contributed by atoms with E-state index < -0.39 is 7.05 Å². The van der Waals surface area contributed by atoms with Crippen LogP contribution in [0, 0.1) is 41.5 Å². The molecule has 0 saturated heterocycles. The van der Waals surface area contributed by atoms with E-state index in [9.17, 15) is 0 Å². The smallest absolute Gasteiger partial charge is 0.147 e. The van der Waals surface area contributed by atoms with Gasteiger partial charge in [0.15, 0.2) is 0 Å². The zero-order chi connectivity index (χ0) is 29.9. The fourth-order valence-electron chi connectivity index (χ4n) is 6.85. The van der Waals surface area contributed by atoms with Crippen LogP contribution in [0.25, 0.3) is 0 Å². The molecule has 0 aliphatic rings. The van der Waals surface area contributed by atoms with Gasteiger partial charge in [0.2, 0.25) is 6.71 Å². The Kier molecular flexibility index (Phi) is 9.55.